The van der Waals surface area contributed by atoms with Crippen LogP contribution in [0.4, 0.5) is 10.1 Å². The van der Waals surface area contributed by atoms with Crippen molar-refractivity contribution in [3.05, 3.63) is 84.2 Å². The minimum Gasteiger partial charge on any atom is -0.379 e. The van der Waals surface area contributed by atoms with E-state index in [1.165, 1.54) is 12.1 Å². The molecule has 2 aromatic carbocycles. The summed E-state index contributed by atoms with van der Waals surface area (Å²) in [6.45, 7) is 3.70. The molecule has 1 aliphatic rings. The molecule has 0 bridgehead atoms. The first kappa shape index (κ1) is 22.9. The van der Waals surface area contributed by atoms with Crippen LogP contribution in [0.15, 0.2) is 67.3 Å². The molecular formula is C27H26FN5O2. The molecule has 1 N–H and O–H groups in total. The molecule has 35 heavy (non-hydrogen) atoms. The van der Waals surface area contributed by atoms with Crippen molar-refractivity contribution in [2.24, 2.45) is 7.05 Å². The monoisotopic (exact) mass is 471 g/mol. The Kier molecular flexibility index (Phi) is 6.65. The summed E-state index contributed by atoms with van der Waals surface area (Å²) in [5.74, 6) is -0.870. The molecule has 1 fully saturated rings. The highest BCUT2D eigenvalue weighted by Crippen LogP contribution is 2.27. The van der Waals surface area contributed by atoms with E-state index in [-0.39, 0.29) is 5.69 Å². The van der Waals surface area contributed by atoms with Gasteiger partial charge in [0, 0.05) is 50.7 Å². The van der Waals surface area contributed by atoms with Crippen LogP contribution in [0.5, 0.6) is 0 Å². The van der Waals surface area contributed by atoms with Gasteiger partial charge in [0.05, 0.1) is 36.3 Å². The van der Waals surface area contributed by atoms with E-state index in [4.69, 9.17) is 4.74 Å². The number of ether oxygens (including phenoxy) is 1. The van der Waals surface area contributed by atoms with Crippen LogP contribution < -0.4 is 5.32 Å². The van der Waals surface area contributed by atoms with Crippen LogP contribution in [0.25, 0.3) is 28.2 Å². The van der Waals surface area contributed by atoms with Crippen LogP contribution in [-0.2, 0) is 23.1 Å². The van der Waals surface area contributed by atoms with Crippen LogP contribution in [0.3, 0.4) is 0 Å². The van der Waals surface area contributed by atoms with Crippen LogP contribution >= 0.6 is 0 Å². The molecule has 8 heteroatoms. The molecule has 7 nitrogen and oxygen atoms in total. The van der Waals surface area contributed by atoms with Gasteiger partial charge in [-0.15, -0.1) is 0 Å². The van der Waals surface area contributed by atoms with Crippen molar-refractivity contribution in [2.75, 3.05) is 31.6 Å². The number of nitrogens with one attached hydrogen (secondary N) is 1. The summed E-state index contributed by atoms with van der Waals surface area (Å²) < 4.78 is 22.0. The number of aromatic nitrogens is 3. The predicted octanol–water partition coefficient (Wildman–Crippen LogP) is 4.26. The molecule has 178 valence electrons. The molecule has 1 aliphatic heterocycles. The van der Waals surface area contributed by atoms with Crippen LogP contribution in [0.1, 0.15) is 11.1 Å². The van der Waals surface area contributed by atoms with Gasteiger partial charge in [0.15, 0.2) is 0 Å². The third-order valence-electron chi connectivity index (χ3n) is 6.10. The minimum absolute atomic E-state index is 0.151. The van der Waals surface area contributed by atoms with Crippen molar-refractivity contribution in [3.63, 3.8) is 0 Å². The second-order valence-electron chi connectivity index (χ2n) is 8.55. The smallest absolute Gasteiger partial charge is 0.248 e. The number of anilines is 1. The Morgan fingerprint density at radius 3 is 2.86 bits per heavy atom. The van der Waals surface area contributed by atoms with Gasteiger partial charge in [0.1, 0.15) is 5.82 Å². The number of carbonyl (C=O) groups is 1. The first-order valence-electron chi connectivity index (χ1n) is 11.5. The standard InChI is InChI=1S/C27H26FN5O2/c1-32-18-30-25-6-3-20(15-26(25)32)22-8-9-29-16-21(22)4-7-27(34)31-24-5-2-19(14-23(24)28)17-33-10-12-35-13-11-33/h2-9,14-16,18H,10-13,17H2,1H3,(H,31,34). The summed E-state index contributed by atoms with van der Waals surface area (Å²) in [4.78, 5) is 23.3. The number of rotatable bonds is 6. The highest BCUT2D eigenvalue weighted by Gasteiger charge is 2.13. The SMILES string of the molecule is Cn1cnc2ccc(-c3ccncc3C=CC(=O)Nc3ccc(CN4CCOCC4)cc3F)cc21. The van der Waals surface area contributed by atoms with Crippen molar-refractivity contribution in [2.45, 2.75) is 6.54 Å². The van der Waals surface area contributed by atoms with E-state index in [2.05, 4.69) is 26.3 Å². The lowest BCUT2D eigenvalue weighted by atomic mass is 10.0. The van der Waals surface area contributed by atoms with Crippen LogP contribution in [-0.4, -0.2) is 51.6 Å². The fourth-order valence-electron chi connectivity index (χ4n) is 4.21. The number of morpholine rings is 1. The van der Waals surface area contributed by atoms with Crippen molar-refractivity contribution in [1.82, 2.24) is 19.4 Å². The molecule has 4 aromatic rings. The number of amides is 1. The molecule has 2 aromatic heterocycles. The molecule has 0 radical (unpaired) electrons. The zero-order valence-corrected chi connectivity index (χ0v) is 19.4. The fraction of sp³-hybridized carbons (Fsp3) is 0.222. The lowest BCUT2D eigenvalue weighted by Crippen LogP contribution is -2.35. The number of hydrogen-bond donors (Lipinski definition) is 1. The van der Waals surface area contributed by atoms with Gasteiger partial charge in [0.2, 0.25) is 5.91 Å². The van der Waals surface area contributed by atoms with E-state index in [1.807, 2.05) is 35.9 Å². The van der Waals surface area contributed by atoms with E-state index >= 15 is 0 Å². The average Bonchev–Trinajstić information content (AvgIpc) is 3.25. The first-order valence-corrected chi connectivity index (χ1v) is 11.5. The molecule has 0 atom stereocenters. The summed E-state index contributed by atoms with van der Waals surface area (Å²) in [7, 11) is 1.95. The number of aryl methyl sites for hydroxylation is 1. The quantitative estimate of drug-likeness (QED) is 0.426. The molecule has 1 amide bonds. The zero-order valence-electron chi connectivity index (χ0n) is 19.4. The summed E-state index contributed by atoms with van der Waals surface area (Å²) in [5, 5.41) is 2.63. The summed E-state index contributed by atoms with van der Waals surface area (Å²) in [5.41, 5.74) is 5.66. The fourth-order valence-corrected chi connectivity index (χ4v) is 4.21. The highest BCUT2D eigenvalue weighted by molar-refractivity contribution is 6.02. The lowest BCUT2D eigenvalue weighted by molar-refractivity contribution is -0.111. The maximum absolute atomic E-state index is 14.6. The van der Waals surface area contributed by atoms with E-state index < -0.39 is 11.7 Å². The number of imidazole rings is 1. The normalized spacial score (nSPS) is 14.6. The number of pyridine rings is 1. The Morgan fingerprint density at radius 1 is 1.17 bits per heavy atom. The van der Waals surface area contributed by atoms with Gasteiger partial charge >= 0.3 is 0 Å². The van der Waals surface area contributed by atoms with Gasteiger partial charge in [-0.25, -0.2) is 9.37 Å². The van der Waals surface area contributed by atoms with Crippen LogP contribution in [0, 0.1) is 5.82 Å². The van der Waals surface area contributed by atoms with Crippen molar-refractivity contribution in [3.8, 4) is 11.1 Å². The Balaban J connectivity index is 1.29. The second-order valence-corrected chi connectivity index (χ2v) is 8.55. The van der Waals surface area contributed by atoms with Gasteiger partial charge in [-0.05, 0) is 53.1 Å². The molecule has 1 saturated heterocycles. The Morgan fingerprint density at radius 2 is 2.03 bits per heavy atom. The number of carbonyl (C=O) groups excluding carboxylic acids is 1. The lowest BCUT2D eigenvalue weighted by Gasteiger charge is -2.26. The third-order valence-corrected chi connectivity index (χ3v) is 6.10. The second kappa shape index (κ2) is 10.2. The van der Waals surface area contributed by atoms with Crippen LogP contribution in [0.2, 0.25) is 0 Å². The number of fused-ring (bicyclic) bond motifs is 1. The van der Waals surface area contributed by atoms with E-state index in [1.54, 1.807) is 30.9 Å². The van der Waals surface area contributed by atoms with Gasteiger partial charge in [0.25, 0.3) is 0 Å². The topological polar surface area (TPSA) is 72.3 Å². The largest absolute Gasteiger partial charge is 0.379 e. The summed E-state index contributed by atoms with van der Waals surface area (Å²) in [6.07, 6.45) is 8.28. The predicted molar refractivity (Wildman–Crippen MR) is 134 cm³/mol. The zero-order chi connectivity index (χ0) is 24.2. The molecule has 3 heterocycles. The highest BCUT2D eigenvalue weighted by atomic mass is 19.1. The van der Waals surface area contributed by atoms with Crippen molar-refractivity contribution < 1.29 is 13.9 Å². The maximum Gasteiger partial charge on any atom is 0.248 e. The maximum atomic E-state index is 14.6. The summed E-state index contributed by atoms with van der Waals surface area (Å²) >= 11 is 0. The first-order chi connectivity index (χ1) is 17.1. The van der Waals surface area contributed by atoms with Gasteiger partial charge in [-0.3, -0.25) is 14.7 Å². The van der Waals surface area contributed by atoms with Gasteiger partial charge < -0.3 is 14.6 Å². The number of benzene rings is 2. The van der Waals surface area contributed by atoms with E-state index in [9.17, 15) is 9.18 Å². The number of hydrogen-bond acceptors (Lipinski definition) is 5. The average molecular weight is 472 g/mol. The molecule has 5 rings (SSSR count). The van der Waals surface area contributed by atoms with Crippen molar-refractivity contribution >= 4 is 28.7 Å². The third kappa shape index (κ3) is 5.29. The molecular weight excluding hydrogens is 445 g/mol. The minimum atomic E-state index is -0.455. The molecule has 0 aliphatic carbocycles. The number of nitrogens with zero attached hydrogens (tertiary/aromatic N) is 4. The molecule has 0 unspecified atom stereocenters. The summed E-state index contributed by atoms with van der Waals surface area (Å²) in [6, 6.07) is 12.8. The van der Waals surface area contributed by atoms with E-state index in [0.717, 1.165) is 46.4 Å². The van der Waals surface area contributed by atoms with Gasteiger partial charge in [-0.2, -0.15) is 0 Å². The number of halogens is 1. The van der Waals surface area contributed by atoms with Gasteiger partial charge in [-0.1, -0.05) is 12.1 Å². The van der Waals surface area contributed by atoms with E-state index in [0.29, 0.717) is 19.8 Å². The Hall–Kier alpha value is -3.88. The molecule has 0 spiro atoms. The molecule has 0 saturated carbocycles. The Labute approximate surface area is 202 Å². The Bertz CT molecular complexity index is 1390. The van der Waals surface area contributed by atoms with Crippen molar-refractivity contribution in [1.29, 1.82) is 0 Å².